The summed E-state index contributed by atoms with van der Waals surface area (Å²) in [5.74, 6) is 0.0204. The molecule has 2 unspecified atom stereocenters. The van der Waals surface area contributed by atoms with E-state index in [0.717, 1.165) is 30.5 Å². The Balaban J connectivity index is 1.78. The van der Waals surface area contributed by atoms with Crippen LogP contribution in [0.15, 0.2) is 48.5 Å². The van der Waals surface area contributed by atoms with Crippen LogP contribution in [-0.4, -0.2) is 53.6 Å². The van der Waals surface area contributed by atoms with Gasteiger partial charge in [0.15, 0.2) is 0 Å². The third kappa shape index (κ3) is 5.06. The van der Waals surface area contributed by atoms with E-state index < -0.39 is 0 Å². The molecule has 2 aromatic carbocycles. The van der Waals surface area contributed by atoms with Gasteiger partial charge in [0.2, 0.25) is 5.91 Å². The van der Waals surface area contributed by atoms with E-state index in [1.807, 2.05) is 36.2 Å². The van der Waals surface area contributed by atoms with E-state index in [-0.39, 0.29) is 31.0 Å². The van der Waals surface area contributed by atoms with Gasteiger partial charge in [0.05, 0.1) is 29.1 Å². The summed E-state index contributed by atoms with van der Waals surface area (Å²) in [5, 5.41) is 10.6. The van der Waals surface area contributed by atoms with Crippen LogP contribution < -0.4 is 0 Å². The molecule has 3 rings (SSSR count). The first-order valence-electron chi connectivity index (χ1n) is 9.59. The summed E-state index contributed by atoms with van der Waals surface area (Å²) in [6, 6.07) is 15.5. The van der Waals surface area contributed by atoms with E-state index in [1.165, 1.54) is 0 Å². The quantitative estimate of drug-likeness (QED) is 0.729. The molecule has 1 fully saturated rings. The number of carbonyl (C=O) groups excluding carboxylic acids is 1. The molecule has 4 nitrogen and oxygen atoms in total. The number of benzene rings is 2. The maximum Gasteiger partial charge on any atom is 0.227 e. The third-order valence-corrected chi connectivity index (χ3v) is 6.24. The minimum atomic E-state index is -0.0800. The largest absolute Gasteiger partial charge is 0.395 e. The molecule has 0 aliphatic carbocycles. The summed E-state index contributed by atoms with van der Waals surface area (Å²) in [6.07, 6.45) is 2.34. The van der Waals surface area contributed by atoms with Crippen molar-refractivity contribution in [2.75, 3.05) is 26.7 Å². The van der Waals surface area contributed by atoms with Crippen molar-refractivity contribution in [3.63, 3.8) is 0 Å². The van der Waals surface area contributed by atoms with Gasteiger partial charge in [-0.05, 0) is 42.6 Å². The maximum absolute atomic E-state index is 13.0. The Morgan fingerprint density at radius 3 is 2.64 bits per heavy atom. The first kappa shape index (κ1) is 21.1. The predicted octanol–water partition coefficient (Wildman–Crippen LogP) is 4.19. The summed E-state index contributed by atoms with van der Waals surface area (Å²) < 4.78 is 0. The Morgan fingerprint density at radius 2 is 1.96 bits per heavy atom. The summed E-state index contributed by atoms with van der Waals surface area (Å²) >= 11 is 12.1. The first-order chi connectivity index (χ1) is 13.5. The van der Waals surface area contributed by atoms with Crippen molar-refractivity contribution in [2.24, 2.45) is 0 Å². The van der Waals surface area contributed by atoms with Crippen molar-refractivity contribution in [1.29, 1.82) is 0 Å². The molecule has 1 saturated heterocycles. The van der Waals surface area contributed by atoms with Gasteiger partial charge in [-0.1, -0.05) is 59.6 Å². The van der Waals surface area contributed by atoms with E-state index in [4.69, 9.17) is 23.2 Å². The Kier molecular flexibility index (Phi) is 7.36. The molecule has 2 aromatic rings. The van der Waals surface area contributed by atoms with Crippen LogP contribution in [0.1, 0.15) is 30.0 Å². The van der Waals surface area contributed by atoms with Crippen LogP contribution in [0.5, 0.6) is 0 Å². The molecule has 1 aliphatic rings. The molecular weight excluding hydrogens is 395 g/mol. The van der Waals surface area contributed by atoms with Crippen molar-refractivity contribution >= 4 is 29.1 Å². The van der Waals surface area contributed by atoms with Crippen molar-refractivity contribution in [3.05, 3.63) is 69.7 Å². The molecule has 6 heteroatoms. The van der Waals surface area contributed by atoms with Crippen LogP contribution in [0, 0.1) is 0 Å². The highest BCUT2D eigenvalue weighted by molar-refractivity contribution is 6.42. The number of amides is 1. The van der Waals surface area contributed by atoms with Crippen LogP contribution >= 0.6 is 23.2 Å². The Labute approximate surface area is 176 Å². The molecule has 1 N–H and O–H groups in total. The molecule has 2 atom stereocenters. The highest BCUT2D eigenvalue weighted by Gasteiger charge is 2.30. The molecule has 0 bridgehead atoms. The lowest BCUT2D eigenvalue weighted by Gasteiger charge is -2.34. The molecule has 28 heavy (non-hydrogen) atoms. The number of likely N-dealkylation sites (N-methyl/N-ethyl adjacent to an activating group) is 1. The van der Waals surface area contributed by atoms with Crippen molar-refractivity contribution in [1.82, 2.24) is 9.80 Å². The van der Waals surface area contributed by atoms with Crippen LogP contribution in [0.2, 0.25) is 10.0 Å². The number of halogens is 2. The van der Waals surface area contributed by atoms with Gasteiger partial charge in [-0.2, -0.15) is 0 Å². The molecule has 150 valence electrons. The van der Waals surface area contributed by atoms with Gasteiger partial charge in [-0.3, -0.25) is 9.69 Å². The zero-order chi connectivity index (χ0) is 20.1. The van der Waals surface area contributed by atoms with Crippen LogP contribution in [-0.2, 0) is 11.2 Å². The Bertz CT molecular complexity index is 800. The summed E-state index contributed by atoms with van der Waals surface area (Å²) in [7, 11) is 1.85. The van der Waals surface area contributed by atoms with Crippen molar-refractivity contribution < 1.29 is 9.90 Å². The standard InChI is InChI=1S/C22H26Cl2N2O2/c1-25(22(28)13-16-9-10-19(23)20(24)12-16)21(17-6-3-2-4-7-17)14-26-11-5-8-18(26)15-27/h2-4,6-7,9-10,12,18,21,27H,5,8,11,13-15H2,1H3. The van der Waals surface area contributed by atoms with Gasteiger partial charge in [0, 0.05) is 19.6 Å². The molecule has 0 saturated carbocycles. The van der Waals surface area contributed by atoms with Crippen LogP contribution in [0.4, 0.5) is 0 Å². The van der Waals surface area contributed by atoms with E-state index in [0.29, 0.717) is 16.6 Å². The highest BCUT2D eigenvalue weighted by atomic mass is 35.5. The molecule has 1 heterocycles. The summed E-state index contributed by atoms with van der Waals surface area (Å²) in [5.41, 5.74) is 1.93. The van der Waals surface area contributed by atoms with E-state index in [2.05, 4.69) is 17.0 Å². The minimum Gasteiger partial charge on any atom is -0.395 e. The monoisotopic (exact) mass is 420 g/mol. The summed E-state index contributed by atoms with van der Waals surface area (Å²) in [6.45, 7) is 1.81. The number of rotatable bonds is 7. The molecule has 0 radical (unpaired) electrons. The lowest BCUT2D eigenvalue weighted by atomic mass is 10.0. The number of hydrogen-bond acceptors (Lipinski definition) is 3. The van der Waals surface area contributed by atoms with Gasteiger partial charge in [-0.25, -0.2) is 0 Å². The van der Waals surface area contributed by atoms with Crippen molar-refractivity contribution in [3.8, 4) is 0 Å². The van der Waals surface area contributed by atoms with Gasteiger partial charge >= 0.3 is 0 Å². The van der Waals surface area contributed by atoms with Gasteiger partial charge in [0.25, 0.3) is 0 Å². The number of aliphatic hydroxyl groups is 1. The summed E-state index contributed by atoms with van der Waals surface area (Å²) in [4.78, 5) is 17.1. The second-order valence-corrected chi connectivity index (χ2v) is 8.14. The molecule has 1 aliphatic heterocycles. The highest BCUT2D eigenvalue weighted by Crippen LogP contribution is 2.27. The average Bonchev–Trinajstić information content (AvgIpc) is 3.16. The second-order valence-electron chi connectivity index (χ2n) is 7.33. The normalized spacial score (nSPS) is 18.2. The molecule has 0 spiro atoms. The van der Waals surface area contributed by atoms with E-state index >= 15 is 0 Å². The average molecular weight is 421 g/mol. The molecular formula is C22H26Cl2N2O2. The fourth-order valence-corrected chi connectivity index (χ4v) is 4.13. The molecule has 0 aromatic heterocycles. The molecule has 1 amide bonds. The zero-order valence-corrected chi connectivity index (χ0v) is 17.5. The van der Waals surface area contributed by atoms with Crippen LogP contribution in [0.25, 0.3) is 0 Å². The first-order valence-corrected chi connectivity index (χ1v) is 10.3. The SMILES string of the molecule is CN(C(=O)Cc1ccc(Cl)c(Cl)c1)C(CN1CCCC1CO)c1ccccc1. The minimum absolute atomic E-state index is 0.0204. The topological polar surface area (TPSA) is 43.8 Å². The number of likely N-dealkylation sites (tertiary alicyclic amines) is 1. The fourth-order valence-electron chi connectivity index (χ4n) is 3.81. The van der Waals surface area contributed by atoms with Gasteiger partial charge in [-0.15, -0.1) is 0 Å². The van der Waals surface area contributed by atoms with E-state index in [1.54, 1.807) is 12.1 Å². The van der Waals surface area contributed by atoms with E-state index in [9.17, 15) is 9.90 Å². The predicted molar refractivity (Wildman–Crippen MR) is 114 cm³/mol. The third-order valence-electron chi connectivity index (χ3n) is 5.50. The van der Waals surface area contributed by atoms with Crippen molar-refractivity contribution in [2.45, 2.75) is 31.3 Å². The number of nitrogens with zero attached hydrogens (tertiary/aromatic N) is 2. The zero-order valence-electron chi connectivity index (χ0n) is 16.0. The Hall–Kier alpha value is -1.59. The lowest BCUT2D eigenvalue weighted by molar-refractivity contribution is -0.131. The Morgan fingerprint density at radius 1 is 1.21 bits per heavy atom. The second kappa shape index (κ2) is 9.75. The van der Waals surface area contributed by atoms with Gasteiger partial charge < -0.3 is 10.0 Å². The smallest absolute Gasteiger partial charge is 0.227 e. The number of carbonyl (C=O) groups is 1. The maximum atomic E-state index is 13.0. The number of aliphatic hydroxyl groups excluding tert-OH is 1. The fraction of sp³-hybridized carbons (Fsp3) is 0.409. The number of hydrogen-bond donors (Lipinski definition) is 1. The van der Waals surface area contributed by atoms with Gasteiger partial charge in [0.1, 0.15) is 0 Å². The van der Waals surface area contributed by atoms with Crippen LogP contribution in [0.3, 0.4) is 0 Å². The lowest BCUT2D eigenvalue weighted by Crippen LogP contribution is -2.42.